The van der Waals surface area contributed by atoms with Crippen LogP contribution in [0.15, 0.2) is 17.5 Å². The lowest BCUT2D eigenvalue weighted by molar-refractivity contribution is -0.00254. The third-order valence-electron chi connectivity index (χ3n) is 5.93. The maximum absolute atomic E-state index is 6.15. The number of rotatable bonds is 6. The molecule has 1 fully saturated rings. The van der Waals surface area contributed by atoms with E-state index in [1.54, 1.807) is 0 Å². The molecule has 2 heterocycles. The van der Waals surface area contributed by atoms with Crippen LogP contribution in [0.1, 0.15) is 101 Å². The standard InChI is InChI=1S/C24H37NOS2/c1-16(2)19-13-20(17(3)4)23(21(14-19)18(5)6)22-15-27-24(26-7,28-22)25-11-9-8-10-12-25/h13-18H,8-12H2,1-7H3. The predicted octanol–water partition coefficient (Wildman–Crippen LogP) is 7.58. The van der Waals surface area contributed by atoms with Crippen molar-refractivity contribution >= 4 is 28.4 Å². The first kappa shape index (κ1) is 22.3. The molecule has 2 aliphatic heterocycles. The summed E-state index contributed by atoms with van der Waals surface area (Å²) in [5.74, 6) is 1.56. The van der Waals surface area contributed by atoms with Gasteiger partial charge in [-0.15, -0.1) is 0 Å². The first-order valence-electron chi connectivity index (χ1n) is 10.8. The molecule has 2 aliphatic rings. The summed E-state index contributed by atoms with van der Waals surface area (Å²) in [6.07, 6.45) is 3.90. The molecule has 2 nitrogen and oxygen atoms in total. The van der Waals surface area contributed by atoms with Crippen molar-refractivity contribution in [1.29, 1.82) is 0 Å². The zero-order valence-corrected chi connectivity index (χ0v) is 20.3. The summed E-state index contributed by atoms with van der Waals surface area (Å²) in [5, 5.41) is 2.37. The Hall–Kier alpha value is -0.420. The van der Waals surface area contributed by atoms with Gasteiger partial charge in [0.2, 0.25) is 4.39 Å². The molecule has 1 unspecified atom stereocenters. The molecule has 156 valence electrons. The van der Waals surface area contributed by atoms with E-state index in [1.165, 1.54) is 46.4 Å². The Labute approximate surface area is 180 Å². The average Bonchev–Trinajstić information content (AvgIpc) is 3.13. The summed E-state index contributed by atoms with van der Waals surface area (Å²) in [5.41, 5.74) is 5.89. The number of ether oxygens (including phenoxy) is 1. The number of likely N-dealkylation sites (tertiary alicyclic amines) is 1. The van der Waals surface area contributed by atoms with Gasteiger partial charge >= 0.3 is 0 Å². The summed E-state index contributed by atoms with van der Waals surface area (Å²) in [6, 6.07) is 4.91. The maximum atomic E-state index is 6.15. The number of nitrogens with zero attached hydrogens (tertiary/aromatic N) is 1. The van der Waals surface area contributed by atoms with Crippen LogP contribution in [0.5, 0.6) is 0 Å². The van der Waals surface area contributed by atoms with Gasteiger partial charge in [-0.25, -0.2) is 0 Å². The van der Waals surface area contributed by atoms with Gasteiger partial charge in [-0.2, -0.15) is 0 Å². The Kier molecular flexibility index (Phi) is 7.28. The van der Waals surface area contributed by atoms with Crippen molar-refractivity contribution in [3.8, 4) is 0 Å². The minimum absolute atomic E-state index is 0.297. The number of methoxy groups -OCH3 is 1. The molecule has 0 aliphatic carbocycles. The van der Waals surface area contributed by atoms with Gasteiger partial charge in [0.25, 0.3) is 0 Å². The number of thioether (sulfide) groups is 2. The van der Waals surface area contributed by atoms with E-state index in [1.807, 2.05) is 30.6 Å². The molecule has 0 aromatic heterocycles. The molecule has 0 amide bonds. The third-order valence-corrected chi connectivity index (χ3v) is 8.92. The summed E-state index contributed by atoms with van der Waals surface area (Å²) >= 11 is 3.78. The molecule has 28 heavy (non-hydrogen) atoms. The first-order valence-corrected chi connectivity index (χ1v) is 12.5. The van der Waals surface area contributed by atoms with Crippen LogP contribution in [0.4, 0.5) is 0 Å². The lowest BCUT2D eigenvalue weighted by Gasteiger charge is -2.40. The molecule has 1 aromatic carbocycles. The van der Waals surface area contributed by atoms with Gasteiger partial charge in [-0.05, 0) is 58.3 Å². The van der Waals surface area contributed by atoms with Crippen molar-refractivity contribution in [2.75, 3.05) is 20.2 Å². The molecule has 4 heteroatoms. The molecular formula is C24H37NOS2. The van der Waals surface area contributed by atoms with E-state index < -0.39 is 0 Å². The van der Waals surface area contributed by atoms with Crippen molar-refractivity contribution in [2.24, 2.45) is 0 Å². The second-order valence-electron chi connectivity index (χ2n) is 9.02. The van der Waals surface area contributed by atoms with Crippen molar-refractivity contribution < 1.29 is 4.74 Å². The van der Waals surface area contributed by atoms with Crippen molar-refractivity contribution in [3.05, 3.63) is 39.8 Å². The molecule has 0 saturated carbocycles. The van der Waals surface area contributed by atoms with Crippen LogP contribution in [0, 0.1) is 0 Å². The highest BCUT2D eigenvalue weighted by Crippen LogP contribution is 2.57. The molecule has 3 rings (SSSR count). The van der Waals surface area contributed by atoms with E-state index in [9.17, 15) is 0 Å². The monoisotopic (exact) mass is 419 g/mol. The highest BCUT2D eigenvalue weighted by atomic mass is 32.2. The van der Waals surface area contributed by atoms with Crippen LogP contribution < -0.4 is 0 Å². The lowest BCUT2D eigenvalue weighted by Crippen LogP contribution is -2.46. The van der Waals surface area contributed by atoms with Crippen LogP contribution >= 0.6 is 23.5 Å². The minimum atomic E-state index is -0.297. The molecule has 1 atom stereocenters. The highest BCUT2D eigenvalue weighted by Gasteiger charge is 2.44. The average molecular weight is 420 g/mol. The number of benzene rings is 1. The van der Waals surface area contributed by atoms with Crippen molar-refractivity contribution in [2.45, 2.75) is 82.9 Å². The van der Waals surface area contributed by atoms with Gasteiger partial charge in [0.15, 0.2) is 0 Å². The van der Waals surface area contributed by atoms with E-state index in [2.05, 4.69) is 64.0 Å². The van der Waals surface area contributed by atoms with Crippen LogP contribution in [0.2, 0.25) is 0 Å². The normalized spacial score (nSPS) is 23.9. The number of hydrogen-bond acceptors (Lipinski definition) is 4. The van der Waals surface area contributed by atoms with Crippen molar-refractivity contribution in [3.63, 3.8) is 0 Å². The van der Waals surface area contributed by atoms with Crippen LogP contribution in [-0.4, -0.2) is 29.5 Å². The minimum Gasteiger partial charge on any atom is -0.345 e. The van der Waals surface area contributed by atoms with Crippen LogP contribution in [-0.2, 0) is 4.74 Å². The Balaban J connectivity index is 2.03. The Morgan fingerprint density at radius 2 is 1.46 bits per heavy atom. The summed E-state index contributed by atoms with van der Waals surface area (Å²) < 4.78 is 5.86. The van der Waals surface area contributed by atoms with Gasteiger partial charge in [0, 0.05) is 25.1 Å². The SMILES string of the molecule is COC1(N2CCCCC2)SC=C(c2c(C(C)C)cc(C(C)C)cc2C(C)C)S1. The van der Waals surface area contributed by atoms with Gasteiger partial charge < -0.3 is 4.74 Å². The predicted molar refractivity (Wildman–Crippen MR) is 127 cm³/mol. The lowest BCUT2D eigenvalue weighted by atomic mass is 9.84. The number of piperidine rings is 1. The fourth-order valence-electron chi connectivity index (χ4n) is 4.19. The zero-order chi connectivity index (χ0) is 20.5. The summed E-state index contributed by atoms with van der Waals surface area (Å²) in [7, 11) is 1.87. The third kappa shape index (κ3) is 4.35. The van der Waals surface area contributed by atoms with E-state index in [0.717, 1.165) is 13.1 Å². The van der Waals surface area contributed by atoms with E-state index in [0.29, 0.717) is 17.8 Å². The van der Waals surface area contributed by atoms with Gasteiger partial charge in [0.05, 0.1) is 0 Å². The zero-order valence-electron chi connectivity index (χ0n) is 18.7. The largest absolute Gasteiger partial charge is 0.345 e. The first-order chi connectivity index (χ1) is 13.3. The van der Waals surface area contributed by atoms with Gasteiger partial charge in [-0.3, -0.25) is 4.90 Å². The van der Waals surface area contributed by atoms with E-state index in [-0.39, 0.29) is 4.39 Å². The summed E-state index contributed by atoms with van der Waals surface area (Å²) in [4.78, 5) is 3.93. The fourth-order valence-corrected chi connectivity index (χ4v) is 6.95. The summed E-state index contributed by atoms with van der Waals surface area (Å²) in [6.45, 7) is 16.2. The van der Waals surface area contributed by atoms with E-state index >= 15 is 0 Å². The molecule has 0 bridgehead atoms. The maximum Gasteiger partial charge on any atom is 0.227 e. The Bertz CT molecular complexity index is 690. The Morgan fingerprint density at radius 1 is 0.893 bits per heavy atom. The number of hydrogen-bond donors (Lipinski definition) is 0. The fraction of sp³-hybridized carbons (Fsp3) is 0.667. The van der Waals surface area contributed by atoms with Crippen LogP contribution in [0.3, 0.4) is 0 Å². The second-order valence-corrected chi connectivity index (χ2v) is 11.5. The van der Waals surface area contributed by atoms with Crippen molar-refractivity contribution in [1.82, 2.24) is 4.90 Å². The molecule has 1 saturated heterocycles. The molecule has 0 spiro atoms. The molecule has 1 aromatic rings. The quantitative estimate of drug-likeness (QED) is 0.471. The molecule has 0 radical (unpaired) electrons. The topological polar surface area (TPSA) is 12.5 Å². The molecule has 0 N–H and O–H groups in total. The van der Waals surface area contributed by atoms with Gasteiger partial charge in [0.1, 0.15) is 0 Å². The van der Waals surface area contributed by atoms with Gasteiger partial charge in [-0.1, -0.05) is 83.6 Å². The van der Waals surface area contributed by atoms with Crippen LogP contribution in [0.25, 0.3) is 4.91 Å². The second kappa shape index (κ2) is 9.16. The Morgan fingerprint density at radius 3 is 1.93 bits per heavy atom. The van der Waals surface area contributed by atoms with E-state index in [4.69, 9.17) is 4.74 Å². The molecular weight excluding hydrogens is 382 g/mol. The highest BCUT2D eigenvalue weighted by molar-refractivity contribution is 8.27. The smallest absolute Gasteiger partial charge is 0.227 e.